The van der Waals surface area contributed by atoms with E-state index in [4.69, 9.17) is 4.74 Å². The van der Waals surface area contributed by atoms with Gasteiger partial charge in [-0.05, 0) is 12.3 Å². The normalized spacial score (nSPS) is 14.7. The highest BCUT2D eigenvalue weighted by Crippen LogP contribution is 2.17. The molecular formula is C13H26O2. The van der Waals surface area contributed by atoms with Gasteiger partial charge in [-0.15, -0.1) is 0 Å². The van der Waals surface area contributed by atoms with Crippen LogP contribution in [0.2, 0.25) is 0 Å². The third-order valence-corrected chi connectivity index (χ3v) is 2.99. The summed E-state index contributed by atoms with van der Waals surface area (Å²) >= 11 is 0. The van der Waals surface area contributed by atoms with E-state index in [0.717, 1.165) is 18.8 Å². The number of hydrogen-bond donors (Lipinski definition) is 0. The number of carbonyl (C=O) groups excluding carboxylic acids is 1. The van der Waals surface area contributed by atoms with Crippen molar-refractivity contribution in [2.45, 2.75) is 59.3 Å². The van der Waals surface area contributed by atoms with Crippen LogP contribution < -0.4 is 0 Å². The lowest BCUT2D eigenvalue weighted by molar-refractivity contribution is -0.145. The highest BCUT2D eigenvalue weighted by Gasteiger charge is 2.12. The van der Waals surface area contributed by atoms with Crippen molar-refractivity contribution in [3.05, 3.63) is 0 Å². The molecule has 2 heteroatoms. The van der Waals surface area contributed by atoms with Crippen molar-refractivity contribution in [3.8, 4) is 0 Å². The summed E-state index contributed by atoms with van der Waals surface area (Å²) in [6, 6.07) is 0. The summed E-state index contributed by atoms with van der Waals surface area (Å²) in [7, 11) is 1.46. The van der Waals surface area contributed by atoms with Gasteiger partial charge in [0, 0.05) is 0 Å². The van der Waals surface area contributed by atoms with Crippen LogP contribution in [0.4, 0.5) is 0 Å². The lowest BCUT2D eigenvalue weighted by Gasteiger charge is -2.12. The number of esters is 1. The number of carbonyl (C=O) groups is 1. The Morgan fingerprint density at radius 3 is 2.27 bits per heavy atom. The first kappa shape index (κ1) is 14.5. The fraction of sp³-hybridized carbons (Fsp3) is 0.923. The smallest absolute Gasteiger partial charge is 0.308 e. The second kappa shape index (κ2) is 8.75. The van der Waals surface area contributed by atoms with Crippen LogP contribution in [-0.2, 0) is 9.53 Å². The largest absolute Gasteiger partial charge is 0.469 e. The van der Waals surface area contributed by atoms with Crippen LogP contribution in [0, 0.1) is 11.8 Å². The molecule has 2 unspecified atom stereocenters. The number of unbranched alkanes of at least 4 members (excludes halogenated alkanes) is 1. The molecule has 2 atom stereocenters. The standard InChI is InChI=1S/C13H26O2/c1-5-6-8-11(2)9-7-10-12(3)13(14)15-4/h11-12H,5-10H2,1-4H3. The molecule has 0 aliphatic rings. The highest BCUT2D eigenvalue weighted by atomic mass is 16.5. The molecule has 15 heavy (non-hydrogen) atoms. The molecule has 2 nitrogen and oxygen atoms in total. The Labute approximate surface area is 94.4 Å². The van der Waals surface area contributed by atoms with Crippen molar-refractivity contribution in [2.75, 3.05) is 7.11 Å². The molecule has 0 amide bonds. The first-order chi connectivity index (χ1) is 7.11. The Hall–Kier alpha value is -0.530. The van der Waals surface area contributed by atoms with Crippen LogP contribution in [0.3, 0.4) is 0 Å². The van der Waals surface area contributed by atoms with Crippen molar-refractivity contribution in [1.29, 1.82) is 0 Å². The molecule has 0 aliphatic heterocycles. The zero-order valence-corrected chi connectivity index (χ0v) is 10.7. The molecule has 0 rings (SSSR count). The Morgan fingerprint density at radius 2 is 1.73 bits per heavy atom. The van der Waals surface area contributed by atoms with E-state index >= 15 is 0 Å². The van der Waals surface area contributed by atoms with Crippen molar-refractivity contribution < 1.29 is 9.53 Å². The van der Waals surface area contributed by atoms with Gasteiger partial charge in [-0.3, -0.25) is 4.79 Å². The second-order valence-electron chi connectivity index (χ2n) is 4.60. The van der Waals surface area contributed by atoms with E-state index in [2.05, 4.69) is 13.8 Å². The van der Waals surface area contributed by atoms with Gasteiger partial charge in [0.2, 0.25) is 0 Å². The number of hydrogen-bond acceptors (Lipinski definition) is 2. The molecule has 0 aromatic carbocycles. The van der Waals surface area contributed by atoms with Crippen LogP contribution in [-0.4, -0.2) is 13.1 Å². The summed E-state index contributed by atoms with van der Waals surface area (Å²) in [5.41, 5.74) is 0. The van der Waals surface area contributed by atoms with Gasteiger partial charge in [-0.1, -0.05) is 52.9 Å². The van der Waals surface area contributed by atoms with E-state index in [-0.39, 0.29) is 11.9 Å². The van der Waals surface area contributed by atoms with Gasteiger partial charge in [0.15, 0.2) is 0 Å². The molecule has 0 radical (unpaired) electrons. The summed E-state index contributed by atoms with van der Waals surface area (Å²) in [6.45, 7) is 6.48. The molecule has 0 fully saturated rings. The van der Waals surface area contributed by atoms with Crippen LogP contribution >= 0.6 is 0 Å². The maximum atomic E-state index is 11.1. The number of ether oxygens (including phenoxy) is 1. The third-order valence-electron chi connectivity index (χ3n) is 2.99. The van der Waals surface area contributed by atoms with Gasteiger partial charge in [0.25, 0.3) is 0 Å². The molecule has 0 heterocycles. The Bertz CT molecular complexity index is 166. The fourth-order valence-corrected chi connectivity index (χ4v) is 1.79. The van der Waals surface area contributed by atoms with Crippen molar-refractivity contribution in [3.63, 3.8) is 0 Å². The van der Waals surface area contributed by atoms with Gasteiger partial charge in [0.1, 0.15) is 0 Å². The lowest BCUT2D eigenvalue weighted by Crippen LogP contribution is -2.12. The molecule has 0 N–H and O–H groups in total. The number of methoxy groups -OCH3 is 1. The Balaban J connectivity index is 3.47. The quantitative estimate of drug-likeness (QED) is 0.575. The van der Waals surface area contributed by atoms with E-state index < -0.39 is 0 Å². The lowest BCUT2D eigenvalue weighted by atomic mass is 9.95. The van der Waals surface area contributed by atoms with Crippen LogP contribution in [0.5, 0.6) is 0 Å². The first-order valence-corrected chi connectivity index (χ1v) is 6.19. The third kappa shape index (κ3) is 7.40. The van der Waals surface area contributed by atoms with E-state index in [1.165, 1.54) is 32.8 Å². The zero-order chi connectivity index (χ0) is 11.7. The molecule has 0 spiro atoms. The second-order valence-corrected chi connectivity index (χ2v) is 4.60. The molecule has 0 aromatic rings. The Kier molecular flexibility index (Phi) is 8.44. The first-order valence-electron chi connectivity index (χ1n) is 6.19. The molecule has 0 saturated carbocycles. The summed E-state index contributed by atoms with van der Waals surface area (Å²) in [4.78, 5) is 11.1. The molecule has 0 saturated heterocycles. The van der Waals surface area contributed by atoms with E-state index in [1.54, 1.807) is 0 Å². The minimum atomic E-state index is -0.0730. The van der Waals surface area contributed by atoms with E-state index in [9.17, 15) is 4.79 Å². The molecule has 0 bridgehead atoms. The average Bonchev–Trinajstić information content (AvgIpc) is 2.24. The van der Waals surface area contributed by atoms with Crippen molar-refractivity contribution >= 4 is 5.97 Å². The van der Waals surface area contributed by atoms with Gasteiger partial charge < -0.3 is 4.74 Å². The predicted molar refractivity (Wildman–Crippen MR) is 63.7 cm³/mol. The molecular weight excluding hydrogens is 188 g/mol. The van der Waals surface area contributed by atoms with Crippen LogP contribution in [0.25, 0.3) is 0 Å². The Morgan fingerprint density at radius 1 is 1.13 bits per heavy atom. The van der Waals surface area contributed by atoms with Crippen LogP contribution in [0.15, 0.2) is 0 Å². The topological polar surface area (TPSA) is 26.3 Å². The summed E-state index contributed by atoms with van der Waals surface area (Å²) < 4.78 is 4.70. The van der Waals surface area contributed by atoms with Crippen molar-refractivity contribution in [2.24, 2.45) is 11.8 Å². The molecule has 0 aliphatic carbocycles. The predicted octanol–water partition coefficient (Wildman–Crippen LogP) is 3.79. The summed E-state index contributed by atoms with van der Waals surface area (Å²) in [5.74, 6) is 0.791. The molecule has 90 valence electrons. The summed E-state index contributed by atoms with van der Waals surface area (Å²) in [6.07, 6.45) is 7.27. The highest BCUT2D eigenvalue weighted by molar-refractivity contribution is 5.71. The molecule has 0 aromatic heterocycles. The van der Waals surface area contributed by atoms with Gasteiger partial charge in [0.05, 0.1) is 13.0 Å². The fourth-order valence-electron chi connectivity index (χ4n) is 1.79. The van der Waals surface area contributed by atoms with Gasteiger partial charge in [-0.25, -0.2) is 0 Å². The summed E-state index contributed by atoms with van der Waals surface area (Å²) in [5, 5.41) is 0. The maximum absolute atomic E-state index is 11.1. The van der Waals surface area contributed by atoms with Crippen LogP contribution in [0.1, 0.15) is 59.3 Å². The van der Waals surface area contributed by atoms with E-state index in [0.29, 0.717) is 0 Å². The monoisotopic (exact) mass is 214 g/mol. The average molecular weight is 214 g/mol. The number of rotatable bonds is 8. The maximum Gasteiger partial charge on any atom is 0.308 e. The SMILES string of the molecule is CCCCC(C)CCCC(C)C(=O)OC. The van der Waals surface area contributed by atoms with E-state index in [1.807, 2.05) is 6.92 Å². The minimum absolute atomic E-state index is 0.0633. The minimum Gasteiger partial charge on any atom is -0.469 e. The van der Waals surface area contributed by atoms with Gasteiger partial charge in [-0.2, -0.15) is 0 Å². The zero-order valence-electron chi connectivity index (χ0n) is 10.7. The van der Waals surface area contributed by atoms with Crippen molar-refractivity contribution in [1.82, 2.24) is 0 Å². The van der Waals surface area contributed by atoms with Gasteiger partial charge >= 0.3 is 5.97 Å².